The van der Waals surface area contributed by atoms with Crippen LogP contribution >= 0.6 is 22.6 Å². The van der Waals surface area contributed by atoms with E-state index in [1.54, 1.807) is 12.3 Å². The number of nitrogens with two attached hydrogens (primary N) is 1. The Morgan fingerprint density at radius 1 is 1.02 bits per heavy atom. The third-order valence-corrected chi connectivity index (χ3v) is 8.75. The van der Waals surface area contributed by atoms with Crippen molar-refractivity contribution in [3.05, 3.63) is 83.7 Å². The first-order chi connectivity index (χ1) is 22.3. The van der Waals surface area contributed by atoms with Crippen molar-refractivity contribution in [3.63, 3.8) is 0 Å². The lowest BCUT2D eigenvalue weighted by molar-refractivity contribution is -0.142. The van der Waals surface area contributed by atoms with Gasteiger partial charge in [0.05, 0.1) is 12.1 Å². The van der Waals surface area contributed by atoms with Crippen molar-refractivity contribution < 1.29 is 33.4 Å². The van der Waals surface area contributed by atoms with Crippen molar-refractivity contribution >= 4 is 40.4 Å². The number of benzene rings is 2. The molecule has 0 radical (unpaired) electrons. The number of hydrogen-bond acceptors (Lipinski definition) is 5. The minimum Gasteiger partial charge on any atom is -0.480 e. The highest BCUT2D eigenvalue weighted by atomic mass is 127. The SMILES string of the molecule is CC(C)(C)[C@H](c1cc(-c2cc(F)ccc2F)cn1Cc1ccccc1)N(CC[C@H](N)C(=O)N[C@H](CCCCCI)C(=O)O)C(=O)CO. The molecular formula is C35H45F2IN4O5. The van der Waals surface area contributed by atoms with Crippen LogP contribution < -0.4 is 11.1 Å². The lowest BCUT2D eigenvalue weighted by Gasteiger charge is -2.41. The Morgan fingerprint density at radius 2 is 1.72 bits per heavy atom. The lowest BCUT2D eigenvalue weighted by Crippen LogP contribution is -2.50. The van der Waals surface area contributed by atoms with E-state index in [0.29, 0.717) is 24.2 Å². The van der Waals surface area contributed by atoms with Gasteiger partial charge in [0.2, 0.25) is 11.8 Å². The molecule has 2 aromatic carbocycles. The zero-order chi connectivity index (χ0) is 34.7. The van der Waals surface area contributed by atoms with Crippen LogP contribution in [0.3, 0.4) is 0 Å². The summed E-state index contributed by atoms with van der Waals surface area (Å²) in [6, 6.07) is 11.6. The van der Waals surface area contributed by atoms with Crippen LogP contribution in [0, 0.1) is 17.0 Å². The number of carbonyl (C=O) groups excluding carboxylic acids is 2. The van der Waals surface area contributed by atoms with Crippen molar-refractivity contribution in [1.29, 1.82) is 0 Å². The van der Waals surface area contributed by atoms with Crippen molar-refractivity contribution in [2.45, 2.75) is 77.5 Å². The predicted octanol–water partition coefficient (Wildman–Crippen LogP) is 5.67. The largest absolute Gasteiger partial charge is 0.480 e. The predicted molar refractivity (Wildman–Crippen MR) is 186 cm³/mol. The molecule has 3 rings (SSSR count). The van der Waals surface area contributed by atoms with E-state index in [1.807, 2.05) is 55.7 Å². The van der Waals surface area contributed by atoms with Gasteiger partial charge in [-0.2, -0.15) is 0 Å². The number of nitrogens with one attached hydrogen (secondary N) is 1. The number of alkyl halides is 1. The quantitative estimate of drug-likeness (QED) is 0.0794. The smallest absolute Gasteiger partial charge is 0.326 e. The monoisotopic (exact) mass is 766 g/mol. The molecule has 0 aliphatic rings. The Balaban J connectivity index is 1.97. The van der Waals surface area contributed by atoms with Crippen LogP contribution in [0.1, 0.15) is 70.2 Å². The average Bonchev–Trinajstić information content (AvgIpc) is 3.42. The maximum Gasteiger partial charge on any atom is 0.326 e. The van der Waals surface area contributed by atoms with Crippen molar-refractivity contribution in [2.24, 2.45) is 11.1 Å². The molecule has 0 bridgehead atoms. The summed E-state index contributed by atoms with van der Waals surface area (Å²) in [6.07, 6.45) is 4.42. The summed E-state index contributed by atoms with van der Waals surface area (Å²) in [5.41, 5.74) is 7.60. The molecule has 47 heavy (non-hydrogen) atoms. The fourth-order valence-electron chi connectivity index (χ4n) is 5.67. The topological polar surface area (TPSA) is 138 Å². The fourth-order valence-corrected chi connectivity index (χ4v) is 6.20. The van der Waals surface area contributed by atoms with Gasteiger partial charge in [0.15, 0.2) is 0 Å². The molecule has 0 fully saturated rings. The summed E-state index contributed by atoms with van der Waals surface area (Å²) in [5.74, 6) is -3.60. The van der Waals surface area contributed by atoms with Crippen LogP contribution in [0.25, 0.3) is 11.1 Å². The van der Waals surface area contributed by atoms with E-state index in [2.05, 4.69) is 27.9 Å². The second kappa shape index (κ2) is 17.7. The number of carboxylic acid groups (broad SMARTS) is 1. The second-order valence-corrected chi connectivity index (χ2v) is 13.8. The van der Waals surface area contributed by atoms with Crippen molar-refractivity contribution in [1.82, 2.24) is 14.8 Å². The van der Waals surface area contributed by atoms with Crippen molar-refractivity contribution in [2.75, 3.05) is 17.6 Å². The number of rotatable bonds is 17. The zero-order valence-electron chi connectivity index (χ0n) is 27.1. The van der Waals surface area contributed by atoms with Gasteiger partial charge < -0.3 is 30.7 Å². The lowest BCUT2D eigenvalue weighted by atomic mass is 9.82. The molecule has 3 atom stereocenters. The molecular weight excluding hydrogens is 721 g/mol. The summed E-state index contributed by atoms with van der Waals surface area (Å²) in [4.78, 5) is 39.6. The number of unbranched alkanes of at least 4 members (excludes halogenated alkanes) is 2. The van der Waals surface area contributed by atoms with Crippen LogP contribution in [-0.4, -0.2) is 67.1 Å². The van der Waals surface area contributed by atoms with Gasteiger partial charge in [-0.25, -0.2) is 13.6 Å². The molecule has 9 nitrogen and oxygen atoms in total. The van der Waals surface area contributed by atoms with Crippen LogP contribution in [-0.2, 0) is 20.9 Å². The highest BCUT2D eigenvalue weighted by molar-refractivity contribution is 14.1. The Labute approximate surface area is 288 Å². The van der Waals surface area contributed by atoms with Gasteiger partial charge in [0.1, 0.15) is 24.3 Å². The van der Waals surface area contributed by atoms with Crippen LogP contribution in [0.4, 0.5) is 8.78 Å². The molecule has 0 saturated heterocycles. The number of aliphatic carboxylic acids is 1. The van der Waals surface area contributed by atoms with Gasteiger partial charge in [-0.1, -0.05) is 86.5 Å². The summed E-state index contributed by atoms with van der Waals surface area (Å²) >= 11 is 2.26. The normalized spacial score (nSPS) is 13.5. The summed E-state index contributed by atoms with van der Waals surface area (Å²) in [6.45, 7) is 5.26. The first-order valence-electron chi connectivity index (χ1n) is 15.7. The number of aliphatic hydroxyl groups is 1. The standard InChI is InChI=1S/C35H45F2IN4O5/c1-35(2,3)32(42(31(44)22-43)17-15-28(39)33(45)40-29(34(46)47)12-8-5-9-16-38)30-18-24(26-19-25(36)13-14-27(26)37)21-41(30)20-23-10-6-4-7-11-23/h4,6-7,10-11,13-14,18-19,21,28-29,32,43H,5,8-9,12,15-17,20,22,39H2,1-3H3,(H,40,45)(H,46,47)/t28-,29+,32-/m0/s1. The third kappa shape index (κ3) is 10.8. The second-order valence-electron chi connectivity index (χ2n) is 12.7. The molecule has 0 spiro atoms. The number of aromatic nitrogens is 1. The maximum absolute atomic E-state index is 15.0. The zero-order valence-corrected chi connectivity index (χ0v) is 29.3. The van der Waals surface area contributed by atoms with Gasteiger partial charge in [0, 0.05) is 36.1 Å². The third-order valence-electron chi connectivity index (χ3n) is 7.99. The highest BCUT2D eigenvalue weighted by Gasteiger charge is 2.37. The number of carbonyl (C=O) groups is 3. The molecule has 0 saturated carbocycles. The molecule has 256 valence electrons. The van der Waals surface area contributed by atoms with Gasteiger partial charge in [0.25, 0.3) is 0 Å². The fraction of sp³-hybridized carbons (Fsp3) is 0.457. The van der Waals surface area contributed by atoms with Gasteiger partial charge in [-0.15, -0.1) is 0 Å². The maximum atomic E-state index is 15.0. The van der Waals surface area contributed by atoms with E-state index >= 15 is 0 Å². The Kier molecular flexibility index (Phi) is 14.3. The number of amides is 2. The minimum absolute atomic E-state index is 0.0178. The Bertz CT molecular complexity index is 1490. The van der Waals surface area contributed by atoms with E-state index in [9.17, 15) is 33.4 Å². The molecule has 2 amide bonds. The first-order valence-corrected chi connectivity index (χ1v) is 17.2. The van der Waals surface area contributed by atoms with E-state index in [4.69, 9.17) is 5.73 Å². The van der Waals surface area contributed by atoms with E-state index < -0.39 is 59.6 Å². The molecule has 0 aliphatic carbocycles. The molecule has 0 aliphatic heterocycles. The highest BCUT2D eigenvalue weighted by Crippen LogP contribution is 2.41. The van der Waals surface area contributed by atoms with Crippen LogP contribution in [0.5, 0.6) is 0 Å². The molecule has 1 aromatic heterocycles. The first kappa shape index (κ1) is 38.1. The summed E-state index contributed by atoms with van der Waals surface area (Å²) in [7, 11) is 0. The number of nitrogens with zero attached hydrogens (tertiary/aromatic N) is 2. The number of hydrogen-bond donors (Lipinski definition) is 4. The van der Waals surface area contributed by atoms with E-state index in [0.717, 1.165) is 41.0 Å². The van der Waals surface area contributed by atoms with Crippen LogP contribution in [0.15, 0.2) is 60.8 Å². The van der Waals surface area contributed by atoms with Gasteiger partial charge in [-0.05, 0) is 58.9 Å². The van der Waals surface area contributed by atoms with Crippen LogP contribution in [0.2, 0.25) is 0 Å². The summed E-state index contributed by atoms with van der Waals surface area (Å²) < 4.78 is 32.0. The molecule has 12 heteroatoms. The minimum atomic E-state index is -1.14. The molecule has 5 N–H and O–H groups in total. The number of halogens is 3. The average molecular weight is 767 g/mol. The Hall–Kier alpha value is -3.36. The number of aliphatic hydroxyl groups excluding tert-OH is 1. The van der Waals surface area contributed by atoms with Crippen molar-refractivity contribution in [3.8, 4) is 11.1 Å². The van der Waals surface area contributed by atoms with Gasteiger partial charge >= 0.3 is 5.97 Å². The van der Waals surface area contributed by atoms with E-state index in [-0.39, 0.29) is 24.9 Å². The molecule has 0 unspecified atom stereocenters. The molecule has 1 heterocycles. The molecule has 3 aromatic rings. The van der Waals surface area contributed by atoms with E-state index in [1.165, 1.54) is 4.90 Å². The summed E-state index contributed by atoms with van der Waals surface area (Å²) in [5, 5.41) is 22.2. The Morgan fingerprint density at radius 3 is 2.34 bits per heavy atom. The van der Waals surface area contributed by atoms with Gasteiger partial charge in [-0.3, -0.25) is 9.59 Å². The number of carboxylic acids is 1.